The van der Waals surface area contributed by atoms with Gasteiger partial charge in [-0.05, 0) is 34.3 Å². The fourth-order valence-corrected chi connectivity index (χ4v) is 2.18. The van der Waals surface area contributed by atoms with Gasteiger partial charge in [-0.25, -0.2) is 0 Å². The van der Waals surface area contributed by atoms with Crippen LogP contribution in [0.1, 0.15) is 10.4 Å². The van der Waals surface area contributed by atoms with E-state index in [-0.39, 0.29) is 12.3 Å². The molecule has 2 aromatic rings. The van der Waals surface area contributed by atoms with Gasteiger partial charge in [0.1, 0.15) is 6.54 Å². The molecule has 0 aliphatic heterocycles. The summed E-state index contributed by atoms with van der Waals surface area (Å²) in [6, 6.07) is 7.62. The van der Waals surface area contributed by atoms with Crippen molar-refractivity contribution in [2.75, 3.05) is 6.26 Å². The molecule has 0 bridgehead atoms. The first-order valence-electron chi connectivity index (χ1n) is 5.04. The number of ketones is 1. The van der Waals surface area contributed by atoms with Crippen LogP contribution in [-0.4, -0.2) is 21.8 Å². The van der Waals surface area contributed by atoms with Crippen LogP contribution in [0.4, 0.5) is 0 Å². The summed E-state index contributed by atoms with van der Waals surface area (Å²) in [7, 11) is 0. The number of carbonyl (C=O) groups excluding carboxylic acids is 1. The zero-order valence-corrected chi connectivity index (χ0v) is 11.7. The maximum Gasteiger partial charge on any atom is 0.184 e. The van der Waals surface area contributed by atoms with Gasteiger partial charge in [0, 0.05) is 16.7 Å². The van der Waals surface area contributed by atoms with E-state index in [4.69, 9.17) is 0 Å². The van der Waals surface area contributed by atoms with Crippen LogP contribution in [0, 0.1) is 0 Å². The lowest BCUT2D eigenvalue weighted by Crippen LogP contribution is -2.10. The summed E-state index contributed by atoms with van der Waals surface area (Å²) in [6.07, 6.45) is 5.47. The van der Waals surface area contributed by atoms with Crippen LogP contribution in [-0.2, 0) is 6.54 Å². The second-order valence-electron chi connectivity index (χ2n) is 3.51. The van der Waals surface area contributed by atoms with Crippen molar-refractivity contribution in [3.63, 3.8) is 0 Å². The van der Waals surface area contributed by atoms with E-state index in [9.17, 15) is 4.79 Å². The first-order chi connectivity index (χ1) is 8.19. The number of aromatic nitrogens is 2. The standard InChI is InChI=1S/C12H11BrN2OS/c1-17-11-4-2-9(3-5-11)12(16)8-15-7-10(13)6-14-15/h2-7H,8H2,1H3. The Kier molecular flexibility index (Phi) is 4.02. The van der Waals surface area contributed by atoms with Crippen LogP contribution in [0.25, 0.3) is 0 Å². The number of hydrogen-bond acceptors (Lipinski definition) is 3. The lowest BCUT2D eigenvalue weighted by Gasteiger charge is -2.02. The molecule has 3 nitrogen and oxygen atoms in total. The molecule has 5 heteroatoms. The van der Waals surface area contributed by atoms with Crippen LogP contribution >= 0.6 is 27.7 Å². The quantitative estimate of drug-likeness (QED) is 0.642. The molecular weight excluding hydrogens is 300 g/mol. The van der Waals surface area contributed by atoms with Crippen molar-refractivity contribution in [2.24, 2.45) is 0 Å². The summed E-state index contributed by atoms with van der Waals surface area (Å²) in [5.74, 6) is 0.0632. The molecule has 0 unspecified atom stereocenters. The van der Waals surface area contributed by atoms with Crippen LogP contribution in [0.3, 0.4) is 0 Å². The molecule has 0 radical (unpaired) electrons. The number of hydrogen-bond donors (Lipinski definition) is 0. The minimum atomic E-state index is 0.0632. The average molecular weight is 311 g/mol. The van der Waals surface area contributed by atoms with E-state index < -0.39 is 0 Å². The number of carbonyl (C=O) groups is 1. The molecular formula is C12H11BrN2OS. The van der Waals surface area contributed by atoms with Crippen molar-refractivity contribution in [1.29, 1.82) is 0 Å². The first-order valence-corrected chi connectivity index (χ1v) is 7.06. The fraction of sp³-hybridized carbons (Fsp3) is 0.167. The number of thioether (sulfide) groups is 1. The topological polar surface area (TPSA) is 34.9 Å². The van der Waals surface area contributed by atoms with Gasteiger partial charge in [0.05, 0.1) is 10.7 Å². The lowest BCUT2D eigenvalue weighted by molar-refractivity contribution is 0.0967. The van der Waals surface area contributed by atoms with E-state index in [0.29, 0.717) is 0 Å². The monoisotopic (exact) mass is 310 g/mol. The van der Waals surface area contributed by atoms with E-state index in [1.54, 1.807) is 28.8 Å². The maximum absolute atomic E-state index is 11.9. The van der Waals surface area contributed by atoms with Crippen LogP contribution in [0.5, 0.6) is 0 Å². The molecule has 1 aromatic heterocycles. The molecule has 1 heterocycles. The van der Waals surface area contributed by atoms with Gasteiger partial charge in [-0.1, -0.05) is 12.1 Å². The Morgan fingerprint density at radius 3 is 2.65 bits per heavy atom. The average Bonchev–Trinajstić information content (AvgIpc) is 2.75. The summed E-state index contributed by atoms with van der Waals surface area (Å²) >= 11 is 4.96. The normalized spacial score (nSPS) is 10.5. The van der Waals surface area contributed by atoms with Crippen molar-refractivity contribution in [2.45, 2.75) is 11.4 Å². The smallest absolute Gasteiger partial charge is 0.184 e. The lowest BCUT2D eigenvalue weighted by atomic mass is 10.1. The molecule has 88 valence electrons. The number of benzene rings is 1. The van der Waals surface area contributed by atoms with Crippen molar-refractivity contribution >= 4 is 33.5 Å². The second kappa shape index (κ2) is 5.51. The third-order valence-corrected chi connectivity index (χ3v) is 3.47. The Labute approximate surface area is 112 Å². The zero-order valence-electron chi connectivity index (χ0n) is 9.26. The summed E-state index contributed by atoms with van der Waals surface area (Å²) in [5, 5.41) is 4.06. The Bertz CT molecular complexity index is 522. The third-order valence-electron chi connectivity index (χ3n) is 2.32. The fourth-order valence-electron chi connectivity index (χ4n) is 1.44. The second-order valence-corrected chi connectivity index (χ2v) is 5.30. The van der Waals surface area contributed by atoms with E-state index >= 15 is 0 Å². The Morgan fingerprint density at radius 2 is 2.12 bits per heavy atom. The number of halogens is 1. The summed E-state index contributed by atoms with van der Waals surface area (Å²) in [5.41, 5.74) is 0.717. The van der Waals surface area contributed by atoms with Crippen LogP contribution in [0.15, 0.2) is 46.0 Å². The summed E-state index contributed by atoms with van der Waals surface area (Å²) in [6.45, 7) is 0.268. The van der Waals surface area contributed by atoms with Gasteiger partial charge >= 0.3 is 0 Å². The van der Waals surface area contributed by atoms with Crippen LogP contribution < -0.4 is 0 Å². The van der Waals surface area contributed by atoms with Gasteiger partial charge in [0.25, 0.3) is 0 Å². The Balaban J connectivity index is 2.09. The zero-order chi connectivity index (χ0) is 12.3. The van der Waals surface area contributed by atoms with Gasteiger partial charge in [-0.2, -0.15) is 5.10 Å². The molecule has 0 atom stereocenters. The molecule has 1 aromatic carbocycles. The molecule has 0 aliphatic rings. The number of rotatable bonds is 4. The minimum absolute atomic E-state index is 0.0632. The molecule has 0 spiro atoms. The van der Waals surface area contributed by atoms with Gasteiger partial charge in [-0.15, -0.1) is 11.8 Å². The highest BCUT2D eigenvalue weighted by Crippen LogP contribution is 2.15. The highest BCUT2D eigenvalue weighted by atomic mass is 79.9. The number of Topliss-reactive ketones (excluding diaryl/α,β-unsaturated/α-hetero) is 1. The van der Waals surface area contributed by atoms with Gasteiger partial charge in [-0.3, -0.25) is 9.48 Å². The van der Waals surface area contributed by atoms with Crippen LogP contribution in [0.2, 0.25) is 0 Å². The van der Waals surface area contributed by atoms with Crippen molar-refractivity contribution < 1.29 is 4.79 Å². The van der Waals surface area contributed by atoms with E-state index in [0.717, 1.165) is 14.9 Å². The third kappa shape index (κ3) is 3.20. The molecule has 0 saturated carbocycles. The maximum atomic E-state index is 11.9. The van der Waals surface area contributed by atoms with Gasteiger partial charge in [0.15, 0.2) is 5.78 Å². The summed E-state index contributed by atoms with van der Waals surface area (Å²) < 4.78 is 2.50. The highest BCUT2D eigenvalue weighted by Gasteiger charge is 2.07. The molecule has 2 rings (SSSR count). The van der Waals surface area contributed by atoms with Crippen molar-refractivity contribution in [1.82, 2.24) is 9.78 Å². The van der Waals surface area contributed by atoms with E-state index in [1.165, 1.54) is 0 Å². The molecule has 0 fully saturated rings. The molecule has 17 heavy (non-hydrogen) atoms. The van der Waals surface area contributed by atoms with Crippen molar-refractivity contribution in [3.05, 3.63) is 46.7 Å². The first kappa shape index (κ1) is 12.4. The van der Waals surface area contributed by atoms with Gasteiger partial charge < -0.3 is 0 Å². The molecule has 0 aliphatic carbocycles. The van der Waals surface area contributed by atoms with E-state index in [1.807, 2.05) is 30.5 Å². The highest BCUT2D eigenvalue weighted by molar-refractivity contribution is 9.10. The largest absolute Gasteiger partial charge is 0.292 e. The Hall–Kier alpha value is -1.07. The Morgan fingerprint density at radius 1 is 1.41 bits per heavy atom. The molecule has 0 N–H and O–H groups in total. The van der Waals surface area contributed by atoms with Crippen molar-refractivity contribution in [3.8, 4) is 0 Å². The predicted molar refractivity (Wildman–Crippen MR) is 72.5 cm³/mol. The predicted octanol–water partition coefficient (Wildman–Crippen LogP) is 3.25. The van der Waals surface area contributed by atoms with E-state index in [2.05, 4.69) is 21.0 Å². The van der Waals surface area contributed by atoms with Gasteiger partial charge in [0.2, 0.25) is 0 Å². The SMILES string of the molecule is CSc1ccc(C(=O)Cn2cc(Br)cn2)cc1. The minimum Gasteiger partial charge on any atom is -0.292 e. The number of nitrogens with zero attached hydrogens (tertiary/aromatic N) is 2. The molecule has 0 saturated heterocycles. The molecule has 0 amide bonds. The summed E-state index contributed by atoms with van der Waals surface area (Å²) in [4.78, 5) is 13.1.